The van der Waals surface area contributed by atoms with Gasteiger partial charge in [0.25, 0.3) is 0 Å². The molecule has 0 aliphatic carbocycles. The Morgan fingerprint density at radius 1 is 0.405 bits per heavy atom. The number of imidazole rings is 2. The first kappa shape index (κ1) is 24.3. The SMILES string of the molecule is Cn1c(-c2ccc(-c3cc4ccccc4cc3-c3ccc(-c4nc5ccccc5n4C)cc3)cc2)nc2ccccc21. The highest BCUT2D eigenvalue weighted by molar-refractivity contribution is 5.97. The Morgan fingerprint density at radius 2 is 0.762 bits per heavy atom. The average Bonchev–Trinajstić information content (AvgIpc) is 3.57. The summed E-state index contributed by atoms with van der Waals surface area (Å²) in [5, 5.41) is 2.46. The summed E-state index contributed by atoms with van der Waals surface area (Å²) in [6, 6.07) is 47.4. The predicted molar refractivity (Wildman–Crippen MR) is 174 cm³/mol. The first-order valence-electron chi connectivity index (χ1n) is 14.2. The minimum Gasteiger partial charge on any atom is -0.327 e. The second-order valence-electron chi connectivity index (χ2n) is 10.9. The van der Waals surface area contributed by atoms with Gasteiger partial charge in [-0.3, -0.25) is 0 Å². The van der Waals surface area contributed by atoms with E-state index in [0.29, 0.717) is 0 Å². The van der Waals surface area contributed by atoms with E-state index in [1.165, 1.54) is 33.0 Å². The molecule has 200 valence electrons. The third kappa shape index (κ3) is 3.92. The van der Waals surface area contributed by atoms with E-state index in [9.17, 15) is 0 Å². The highest BCUT2D eigenvalue weighted by Gasteiger charge is 2.14. The lowest BCUT2D eigenvalue weighted by Gasteiger charge is -2.14. The number of hydrogen-bond acceptors (Lipinski definition) is 2. The summed E-state index contributed by atoms with van der Waals surface area (Å²) >= 11 is 0. The highest BCUT2D eigenvalue weighted by Crippen LogP contribution is 2.37. The molecular weight excluding hydrogens is 512 g/mol. The zero-order chi connectivity index (χ0) is 28.2. The van der Waals surface area contributed by atoms with Crippen molar-refractivity contribution in [3.8, 4) is 45.0 Å². The molecule has 0 unspecified atom stereocenters. The lowest BCUT2D eigenvalue weighted by molar-refractivity contribution is 0.959. The van der Waals surface area contributed by atoms with Gasteiger partial charge in [-0.2, -0.15) is 0 Å². The van der Waals surface area contributed by atoms with Gasteiger partial charge in [0.2, 0.25) is 0 Å². The van der Waals surface area contributed by atoms with Crippen LogP contribution in [0.15, 0.2) is 133 Å². The molecule has 4 heteroatoms. The summed E-state index contributed by atoms with van der Waals surface area (Å²) in [6.45, 7) is 0. The molecule has 4 nitrogen and oxygen atoms in total. The van der Waals surface area contributed by atoms with Gasteiger partial charge >= 0.3 is 0 Å². The van der Waals surface area contributed by atoms with Gasteiger partial charge in [-0.05, 0) is 69.4 Å². The number of aromatic nitrogens is 4. The zero-order valence-electron chi connectivity index (χ0n) is 23.5. The minimum atomic E-state index is 0.971. The van der Waals surface area contributed by atoms with Gasteiger partial charge in [0.1, 0.15) is 11.6 Å². The van der Waals surface area contributed by atoms with Crippen LogP contribution in [0.25, 0.3) is 77.9 Å². The van der Waals surface area contributed by atoms with Crippen molar-refractivity contribution in [2.45, 2.75) is 0 Å². The number of rotatable bonds is 4. The molecule has 8 rings (SSSR count). The fourth-order valence-corrected chi connectivity index (χ4v) is 6.12. The van der Waals surface area contributed by atoms with Crippen molar-refractivity contribution < 1.29 is 0 Å². The largest absolute Gasteiger partial charge is 0.327 e. The molecule has 0 N–H and O–H groups in total. The maximum atomic E-state index is 4.90. The Hall–Kier alpha value is -5.48. The van der Waals surface area contributed by atoms with Crippen LogP contribution in [-0.2, 0) is 14.1 Å². The molecule has 0 saturated carbocycles. The topological polar surface area (TPSA) is 35.6 Å². The quantitative estimate of drug-likeness (QED) is 0.223. The summed E-state index contributed by atoms with van der Waals surface area (Å²) in [5.74, 6) is 1.94. The normalized spacial score (nSPS) is 11.6. The van der Waals surface area contributed by atoms with E-state index in [1.807, 2.05) is 12.1 Å². The maximum absolute atomic E-state index is 4.90. The third-order valence-electron chi connectivity index (χ3n) is 8.37. The molecule has 0 bridgehead atoms. The van der Waals surface area contributed by atoms with Crippen LogP contribution in [-0.4, -0.2) is 19.1 Å². The smallest absolute Gasteiger partial charge is 0.140 e. The van der Waals surface area contributed by atoms with Crippen LogP contribution in [0.3, 0.4) is 0 Å². The Bertz CT molecular complexity index is 2090. The van der Waals surface area contributed by atoms with Crippen molar-refractivity contribution in [2.24, 2.45) is 14.1 Å². The van der Waals surface area contributed by atoms with Crippen molar-refractivity contribution >= 4 is 32.8 Å². The lowest BCUT2D eigenvalue weighted by atomic mass is 9.90. The van der Waals surface area contributed by atoms with E-state index in [4.69, 9.17) is 9.97 Å². The van der Waals surface area contributed by atoms with E-state index in [-0.39, 0.29) is 0 Å². The third-order valence-corrected chi connectivity index (χ3v) is 8.37. The number of aryl methyl sites for hydroxylation is 2. The molecule has 0 amide bonds. The number of fused-ring (bicyclic) bond motifs is 3. The molecule has 42 heavy (non-hydrogen) atoms. The second-order valence-corrected chi connectivity index (χ2v) is 10.9. The number of hydrogen-bond donors (Lipinski definition) is 0. The fourth-order valence-electron chi connectivity index (χ4n) is 6.12. The first-order chi connectivity index (χ1) is 20.6. The highest BCUT2D eigenvalue weighted by atomic mass is 15.1. The van der Waals surface area contributed by atoms with Crippen molar-refractivity contribution in [2.75, 3.05) is 0 Å². The lowest BCUT2D eigenvalue weighted by Crippen LogP contribution is -1.93. The van der Waals surface area contributed by atoms with Gasteiger partial charge in [-0.25, -0.2) is 9.97 Å². The molecule has 0 radical (unpaired) electrons. The molecule has 0 aliphatic rings. The Kier molecular flexibility index (Phi) is 5.54. The number of benzene rings is 6. The summed E-state index contributed by atoms with van der Waals surface area (Å²) in [4.78, 5) is 9.80. The monoisotopic (exact) mass is 540 g/mol. The van der Waals surface area contributed by atoms with E-state index in [0.717, 1.165) is 44.8 Å². The molecule has 0 spiro atoms. The molecule has 6 aromatic carbocycles. The van der Waals surface area contributed by atoms with Gasteiger partial charge in [-0.15, -0.1) is 0 Å². The van der Waals surface area contributed by atoms with Gasteiger partial charge in [0, 0.05) is 25.2 Å². The van der Waals surface area contributed by atoms with Crippen molar-refractivity contribution in [3.05, 3.63) is 133 Å². The van der Waals surface area contributed by atoms with Gasteiger partial charge < -0.3 is 9.13 Å². The molecule has 0 fully saturated rings. The van der Waals surface area contributed by atoms with Crippen LogP contribution in [0.5, 0.6) is 0 Å². The second kappa shape index (κ2) is 9.57. The van der Waals surface area contributed by atoms with Crippen LogP contribution in [0.4, 0.5) is 0 Å². The summed E-state index contributed by atoms with van der Waals surface area (Å²) in [6.07, 6.45) is 0. The van der Waals surface area contributed by atoms with Gasteiger partial charge in [0.05, 0.1) is 22.1 Å². The van der Waals surface area contributed by atoms with Crippen molar-refractivity contribution in [1.82, 2.24) is 19.1 Å². The van der Waals surface area contributed by atoms with E-state index < -0.39 is 0 Å². The first-order valence-corrected chi connectivity index (χ1v) is 14.2. The van der Waals surface area contributed by atoms with E-state index in [2.05, 4.69) is 145 Å². The standard InChI is InChI=1S/C38H28N4/c1-41-35-13-7-5-11-33(35)39-37(41)27-19-15-25(16-20-27)31-23-29-9-3-4-10-30(29)24-32(31)26-17-21-28(22-18-26)38-40-34-12-6-8-14-36(34)42(38)2/h3-24H,1-2H3. The molecule has 2 heterocycles. The Morgan fingerprint density at radius 3 is 1.17 bits per heavy atom. The van der Waals surface area contributed by atoms with Crippen LogP contribution >= 0.6 is 0 Å². The van der Waals surface area contributed by atoms with Crippen molar-refractivity contribution in [3.63, 3.8) is 0 Å². The van der Waals surface area contributed by atoms with Crippen LogP contribution in [0.2, 0.25) is 0 Å². The maximum Gasteiger partial charge on any atom is 0.140 e. The van der Waals surface area contributed by atoms with Crippen molar-refractivity contribution in [1.29, 1.82) is 0 Å². The minimum absolute atomic E-state index is 0.971. The van der Waals surface area contributed by atoms with E-state index >= 15 is 0 Å². The van der Waals surface area contributed by atoms with Crippen LogP contribution < -0.4 is 0 Å². The number of para-hydroxylation sites is 4. The Labute approximate surface area is 244 Å². The predicted octanol–water partition coefficient (Wildman–Crippen LogP) is 9.28. The van der Waals surface area contributed by atoms with Crippen LogP contribution in [0, 0.1) is 0 Å². The molecule has 0 atom stereocenters. The van der Waals surface area contributed by atoms with E-state index in [1.54, 1.807) is 0 Å². The van der Waals surface area contributed by atoms with Gasteiger partial charge in [0.15, 0.2) is 0 Å². The average molecular weight is 541 g/mol. The fraction of sp³-hybridized carbons (Fsp3) is 0.0526. The zero-order valence-corrected chi connectivity index (χ0v) is 23.5. The molecule has 0 aliphatic heterocycles. The van der Waals surface area contributed by atoms with Gasteiger partial charge in [-0.1, -0.05) is 97.1 Å². The Balaban J connectivity index is 1.22. The molecule has 0 saturated heterocycles. The summed E-state index contributed by atoms with van der Waals surface area (Å²) in [7, 11) is 4.16. The molecule has 8 aromatic rings. The van der Waals surface area contributed by atoms with Crippen LogP contribution in [0.1, 0.15) is 0 Å². The molecule has 2 aromatic heterocycles. The summed E-state index contributed by atoms with van der Waals surface area (Å²) in [5.41, 5.74) is 11.3. The summed E-state index contributed by atoms with van der Waals surface area (Å²) < 4.78 is 4.33. The number of nitrogens with zero attached hydrogens (tertiary/aromatic N) is 4. The molecular formula is C38H28N4.